The summed E-state index contributed by atoms with van der Waals surface area (Å²) in [5, 5.41) is 3.52. The molecule has 23 heavy (non-hydrogen) atoms. The van der Waals surface area contributed by atoms with Gasteiger partial charge in [0.2, 0.25) is 0 Å². The van der Waals surface area contributed by atoms with Crippen molar-refractivity contribution in [2.45, 2.75) is 83.7 Å². The molecule has 2 unspecified atom stereocenters. The lowest BCUT2D eigenvalue weighted by Gasteiger charge is -2.61. The highest BCUT2D eigenvalue weighted by Gasteiger charge is 2.65. The van der Waals surface area contributed by atoms with E-state index in [1.807, 2.05) is 0 Å². The number of ether oxygens (including phenoxy) is 1. The van der Waals surface area contributed by atoms with E-state index >= 15 is 0 Å². The maximum absolute atomic E-state index is 6.37. The minimum Gasteiger partial charge on any atom is -0.358 e. The van der Waals surface area contributed by atoms with Gasteiger partial charge in [-0.3, -0.25) is 5.32 Å². The molecule has 130 valence electrons. The quantitative estimate of drug-likeness (QED) is 0.697. The third kappa shape index (κ3) is 1.83. The molecule has 0 radical (unpaired) electrons. The fourth-order valence-electron chi connectivity index (χ4n) is 8.41. The van der Waals surface area contributed by atoms with Crippen LogP contribution in [0.2, 0.25) is 0 Å². The predicted molar refractivity (Wildman–Crippen MR) is 93.0 cm³/mol. The van der Waals surface area contributed by atoms with Gasteiger partial charge in [-0.2, -0.15) is 0 Å². The molecule has 5 rings (SSSR count). The molecule has 0 aromatic heterocycles. The zero-order valence-corrected chi connectivity index (χ0v) is 15.2. The van der Waals surface area contributed by atoms with Gasteiger partial charge in [-0.15, -0.1) is 0 Å². The lowest BCUT2D eigenvalue weighted by Crippen LogP contribution is -2.57. The average Bonchev–Trinajstić information content (AvgIpc) is 3.14. The van der Waals surface area contributed by atoms with Crippen LogP contribution in [0.4, 0.5) is 0 Å². The summed E-state index contributed by atoms with van der Waals surface area (Å²) in [7, 11) is 0. The van der Waals surface area contributed by atoms with Gasteiger partial charge in [0, 0.05) is 12.0 Å². The van der Waals surface area contributed by atoms with Crippen molar-refractivity contribution < 1.29 is 4.74 Å². The molecule has 0 aromatic carbocycles. The molecule has 0 aromatic rings. The fourth-order valence-corrected chi connectivity index (χ4v) is 8.41. The minimum atomic E-state index is 0.174. The molecule has 0 amide bonds. The highest BCUT2D eigenvalue weighted by molar-refractivity contribution is 5.15. The van der Waals surface area contributed by atoms with Gasteiger partial charge in [0.15, 0.2) is 0 Å². The van der Waals surface area contributed by atoms with Crippen LogP contribution in [0, 0.1) is 34.5 Å². The van der Waals surface area contributed by atoms with Crippen molar-refractivity contribution in [1.29, 1.82) is 0 Å². The number of hydrogen-bond donors (Lipinski definition) is 1. The van der Waals surface area contributed by atoms with Crippen molar-refractivity contribution in [2.24, 2.45) is 34.5 Å². The van der Waals surface area contributed by atoms with E-state index in [0.717, 1.165) is 36.9 Å². The zero-order chi connectivity index (χ0) is 15.7. The standard InChI is InChI=1S/C21H35NO/c1-19-10-4-3-5-15(19)6-7-16-17(19)8-11-20(2)18(16)9-12-21(20)13-22-14-23-21/h15-18,22H,3-14H2,1-2H3/t15?,16-,17+,18+,19+,20+,21?/m1/s1. The molecule has 1 spiro atoms. The van der Waals surface area contributed by atoms with Crippen LogP contribution in [-0.2, 0) is 4.74 Å². The van der Waals surface area contributed by atoms with Crippen molar-refractivity contribution in [3.63, 3.8) is 0 Å². The molecular formula is C21H35NO. The number of hydrogen-bond acceptors (Lipinski definition) is 2. The highest BCUT2D eigenvalue weighted by Crippen LogP contribution is 2.69. The summed E-state index contributed by atoms with van der Waals surface area (Å²) in [6.07, 6.45) is 14.7. The Morgan fingerprint density at radius 1 is 0.870 bits per heavy atom. The lowest BCUT2D eigenvalue weighted by atomic mass is 9.44. The Hall–Kier alpha value is -0.0800. The van der Waals surface area contributed by atoms with Crippen LogP contribution < -0.4 is 5.32 Å². The third-order valence-electron chi connectivity index (χ3n) is 9.73. The second-order valence-electron chi connectivity index (χ2n) is 10.1. The summed E-state index contributed by atoms with van der Waals surface area (Å²) in [5.74, 6) is 3.99. The van der Waals surface area contributed by atoms with E-state index in [9.17, 15) is 0 Å². The summed E-state index contributed by atoms with van der Waals surface area (Å²) < 4.78 is 6.37. The first-order chi connectivity index (χ1) is 11.1. The van der Waals surface area contributed by atoms with Crippen molar-refractivity contribution >= 4 is 0 Å². The van der Waals surface area contributed by atoms with E-state index < -0.39 is 0 Å². The van der Waals surface area contributed by atoms with Crippen molar-refractivity contribution in [3.8, 4) is 0 Å². The molecule has 7 atom stereocenters. The van der Waals surface area contributed by atoms with Crippen LogP contribution in [0.15, 0.2) is 0 Å². The van der Waals surface area contributed by atoms with E-state index in [-0.39, 0.29) is 5.60 Å². The molecule has 2 nitrogen and oxygen atoms in total. The van der Waals surface area contributed by atoms with Gasteiger partial charge in [0.1, 0.15) is 0 Å². The van der Waals surface area contributed by atoms with E-state index in [4.69, 9.17) is 4.74 Å². The van der Waals surface area contributed by atoms with Crippen LogP contribution in [0.25, 0.3) is 0 Å². The monoisotopic (exact) mass is 317 g/mol. The normalized spacial score (nSPS) is 58.7. The molecule has 4 aliphatic carbocycles. The molecule has 2 heteroatoms. The minimum absolute atomic E-state index is 0.174. The summed E-state index contributed by atoms with van der Waals surface area (Å²) in [4.78, 5) is 0. The number of nitrogens with one attached hydrogen (secondary N) is 1. The fraction of sp³-hybridized carbons (Fsp3) is 1.00. The average molecular weight is 318 g/mol. The number of fused-ring (bicyclic) bond motifs is 6. The Morgan fingerprint density at radius 3 is 2.57 bits per heavy atom. The zero-order valence-electron chi connectivity index (χ0n) is 15.2. The Balaban J connectivity index is 1.47. The first-order valence-electron chi connectivity index (χ1n) is 10.4. The Labute approximate surface area is 142 Å². The lowest BCUT2D eigenvalue weighted by molar-refractivity contribution is -0.152. The smallest absolute Gasteiger partial charge is 0.0974 e. The summed E-state index contributed by atoms with van der Waals surface area (Å²) >= 11 is 0. The molecule has 5 fully saturated rings. The molecule has 4 saturated carbocycles. The van der Waals surface area contributed by atoms with Crippen LogP contribution in [-0.4, -0.2) is 18.9 Å². The third-order valence-corrected chi connectivity index (χ3v) is 9.73. The topological polar surface area (TPSA) is 21.3 Å². The van der Waals surface area contributed by atoms with Gasteiger partial charge < -0.3 is 4.74 Å². The largest absolute Gasteiger partial charge is 0.358 e. The maximum atomic E-state index is 6.37. The Kier molecular flexibility index (Phi) is 3.29. The van der Waals surface area contributed by atoms with Gasteiger partial charge >= 0.3 is 0 Å². The van der Waals surface area contributed by atoms with Crippen LogP contribution >= 0.6 is 0 Å². The van der Waals surface area contributed by atoms with Gasteiger partial charge in [0.05, 0.1) is 12.3 Å². The molecule has 1 N–H and O–H groups in total. The van der Waals surface area contributed by atoms with Crippen LogP contribution in [0.3, 0.4) is 0 Å². The second-order valence-corrected chi connectivity index (χ2v) is 10.1. The Morgan fingerprint density at radius 2 is 1.74 bits per heavy atom. The van der Waals surface area contributed by atoms with Gasteiger partial charge in [-0.05, 0) is 80.5 Å². The van der Waals surface area contributed by atoms with E-state index in [2.05, 4.69) is 19.2 Å². The highest BCUT2D eigenvalue weighted by atomic mass is 16.5. The van der Waals surface area contributed by atoms with Crippen LogP contribution in [0.5, 0.6) is 0 Å². The Bertz CT molecular complexity index is 484. The van der Waals surface area contributed by atoms with Crippen LogP contribution in [0.1, 0.15) is 78.1 Å². The molecule has 5 aliphatic rings. The summed E-state index contributed by atoms with van der Waals surface area (Å²) in [6.45, 7) is 7.19. The predicted octanol–water partition coefficient (Wildman–Crippen LogP) is 4.74. The van der Waals surface area contributed by atoms with Crippen molar-refractivity contribution in [1.82, 2.24) is 5.32 Å². The molecule has 1 heterocycles. The van der Waals surface area contributed by atoms with Gasteiger partial charge in [-0.25, -0.2) is 0 Å². The molecule has 1 aliphatic heterocycles. The van der Waals surface area contributed by atoms with E-state index in [1.54, 1.807) is 0 Å². The van der Waals surface area contributed by atoms with Crippen molar-refractivity contribution in [2.75, 3.05) is 13.3 Å². The van der Waals surface area contributed by atoms with E-state index in [1.165, 1.54) is 64.2 Å². The van der Waals surface area contributed by atoms with E-state index in [0.29, 0.717) is 10.8 Å². The molecular weight excluding hydrogens is 282 g/mol. The van der Waals surface area contributed by atoms with Gasteiger partial charge in [0.25, 0.3) is 0 Å². The van der Waals surface area contributed by atoms with Gasteiger partial charge in [-0.1, -0.05) is 26.7 Å². The summed E-state index contributed by atoms with van der Waals surface area (Å²) in [5.41, 5.74) is 1.29. The first kappa shape index (κ1) is 15.2. The molecule has 1 saturated heterocycles. The SMILES string of the molecule is C[C@]12CCCCC1CC[C@@H]1[C@@H]2CC[C@@]2(C)[C@H]1CCC21CNCO1. The molecule has 0 bridgehead atoms. The second kappa shape index (κ2) is 4.97. The summed E-state index contributed by atoms with van der Waals surface area (Å²) in [6, 6.07) is 0. The van der Waals surface area contributed by atoms with Crippen molar-refractivity contribution in [3.05, 3.63) is 0 Å². The maximum Gasteiger partial charge on any atom is 0.0974 e. The number of rotatable bonds is 0. The first-order valence-corrected chi connectivity index (χ1v) is 10.4.